The number of para-hydroxylation sites is 1. The molecular formula is C17H13N3O4. The topological polar surface area (TPSA) is 86.5 Å². The van der Waals surface area contributed by atoms with Crippen molar-refractivity contribution in [3.05, 3.63) is 64.3 Å². The van der Waals surface area contributed by atoms with E-state index < -0.39 is 0 Å². The lowest BCUT2D eigenvalue weighted by atomic mass is 10.1. The van der Waals surface area contributed by atoms with Crippen LogP contribution in [0.15, 0.2) is 48.7 Å². The van der Waals surface area contributed by atoms with E-state index in [1.807, 2.05) is 18.2 Å². The predicted octanol–water partition coefficient (Wildman–Crippen LogP) is 3.48. The first-order chi connectivity index (χ1) is 11.7. The Labute approximate surface area is 137 Å². The molecule has 0 radical (unpaired) electrons. The fourth-order valence-electron chi connectivity index (χ4n) is 2.80. The molecule has 1 aromatic heterocycles. The van der Waals surface area contributed by atoms with Gasteiger partial charge in [0.1, 0.15) is 5.69 Å². The van der Waals surface area contributed by atoms with E-state index in [0.717, 1.165) is 5.56 Å². The number of ether oxygens (including phenoxy) is 2. The lowest BCUT2D eigenvalue weighted by Crippen LogP contribution is -2.04. The molecule has 0 bridgehead atoms. The first-order valence-corrected chi connectivity index (χ1v) is 7.37. The van der Waals surface area contributed by atoms with Crippen molar-refractivity contribution in [2.75, 3.05) is 12.1 Å². The van der Waals surface area contributed by atoms with E-state index >= 15 is 0 Å². The summed E-state index contributed by atoms with van der Waals surface area (Å²) in [5.74, 6) is 1.36. The maximum Gasteiger partial charge on any atom is 0.301 e. The van der Waals surface area contributed by atoms with E-state index in [1.54, 1.807) is 30.5 Å². The average molecular weight is 323 g/mol. The molecule has 7 nitrogen and oxygen atoms in total. The van der Waals surface area contributed by atoms with E-state index in [0.29, 0.717) is 34.6 Å². The highest BCUT2D eigenvalue weighted by Crippen LogP contribution is 2.37. The van der Waals surface area contributed by atoms with Gasteiger partial charge in [-0.1, -0.05) is 12.1 Å². The van der Waals surface area contributed by atoms with Crippen molar-refractivity contribution in [2.24, 2.45) is 0 Å². The van der Waals surface area contributed by atoms with Crippen LogP contribution in [0.3, 0.4) is 0 Å². The standard InChI is InChI=1S/C17H13N3O4/c21-20(22)16-12-4-2-8-18-13(12)6-7-14(16)19-9-11-3-1-5-15-17(11)24-10-23-15/h1-8,19H,9-10H2. The van der Waals surface area contributed by atoms with Crippen LogP contribution in [0, 0.1) is 10.1 Å². The van der Waals surface area contributed by atoms with Crippen molar-refractivity contribution < 1.29 is 14.4 Å². The van der Waals surface area contributed by atoms with Gasteiger partial charge in [0.2, 0.25) is 6.79 Å². The number of rotatable bonds is 4. The number of nitrogens with zero attached hydrogens (tertiary/aromatic N) is 2. The Morgan fingerprint density at radius 2 is 2.08 bits per heavy atom. The zero-order chi connectivity index (χ0) is 16.5. The predicted molar refractivity (Wildman–Crippen MR) is 88.3 cm³/mol. The number of nitro benzene ring substituents is 1. The molecule has 0 fully saturated rings. The molecule has 7 heteroatoms. The van der Waals surface area contributed by atoms with Crippen LogP contribution in [0.25, 0.3) is 10.9 Å². The van der Waals surface area contributed by atoms with Gasteiger partial charge in [-0.2, -0.15) is 0 Å². The SMILES string of the molecule is O=[N+]([O-])c1c(NCc2cccc3c2OCO3)ccc2ncccc12. The van der Waals surface area contributed by atoms with Gasteiger partial charge in [0, 0.05) is 18.3 Å². The third kappa shape index (κ3) is 2.36. The first kappa shape index (κ1) is 14.3. The summed E-state index contributed by atoms with van der Waals surface area (Å²) in [6.07, 6.45) is 1.61. The zero-order valence-electron chi connectivity index (χ0n) is 12.6. The minimum absolute atomic E-state index is 0.0188. The normalized spacial score (nSPS) is 12.3. The highest BCUT2D eigenvalue weighted by atomic mass is 16.7. The van der Waals surface area contributed by atoms with Gasteiger partial charge in [-0.25, -0.2) is 0 Å². The second-order valence-corrected chi connectivity index (χ2v) is 5.29. The number of pyridine rings is 1. The van der Waals surface area contributed by atoms with Crippen LogP contribution in [0.4, 0.5) is 11.4 Å². The molecule has 1 N–H and O–H groups in total. The smallest absolute Gasteiger partial charge is 0.301 e. The van der Waals surface area contributed by atoms with Crippen LogP contribution in [-0.2, 0) is 6.54 Å². The molecule has 24 heavy (non-hydrogen) atoms. The molecule has 2 heterocycles. The van der Waals surface area contributed by atoms with Crippen molar-refractivity contribution >= 4 is 22.3 Å². The number of hydrogen-bond acceptors (Lipinski definition) is 6. The van der Waals surface area contributed by atoms with Crippen LogP contribution in [0.5, 0.6) is 11.5 Å². The van der Waals surface area contributed by atoms with E-state index in [9.17, 15) is 10.1 Å². The Morgan fingerprint density at radius 1 is 1.17 bits per heavy atom. The van der Waals surface area contributed by atoms with E-state index in [2.05, 4.69) is 10.3 Å². The van der Waals surface area contributed by atoms with Crippen molar-refractivity contribution in [2.45, 2.75) is 6.54 Å². The number of nitro groups is 1. The molecule has 3 aromatic rings. The Kier molecular flexibility index (Phi) is 3.38. The van der Waals surface area contributed by atoms with Crippen LogP contribution in [-0.4, -0.2) is 16.7 Å². The highest BCUT2D eigenvalue weighted by molar-refractivity contribution is 5.94. The Balaban J connectivity index is 1.69. The molecule has 1 aliphatic rings. The number of aromatic nitrogens is 1. The summed E-state index contributed by atoms with van der Waals surface area (Å²) >= 11 is 0. The first-order valence-electron chi connectivity index (χ1n) is 7.37. The molecule has 1 aliphatic heterocycles. The van der Waals surface area contributed by atoms with Crippen LogP contribution in [0.1, 0.15) is 5.56 Å². The molecule has 0 aliphatic carbocycles. The minimum Gasteiger partial charge on any atom is -0.454 e. The van der Waals surface area contributed by atoms with Crippen molar-refractivity contribution in [1.82, 2.24) is 4.98 Å². The second kappa shape index (κ2) is 5.69. The maximum absolute atomic E-state index is 11.5. The lowest BCUT2D eigenvalue weighted by molar-refractivity contribution is -0.382. The van der Waals surface area contributed by atoms with Gasteiger partial charge in [-0.05, 0) is 30.3 Å². The van der Waals surface area contributed by atoms with Gasteiger partial charge < -0.3 is 14.8 Å². The molecule has 0 amide bonds. The lowest BCUT2D eigenvalue weighted by Gasteiger charge is -2.10. The van der Waals surface area contributed by atoms with E-state index in [-0.39, 0.29) is 17.4 Å². The quantitative estimate of drug-likeness (QED) is 0.584. The monoisotopic (exact) mass is 323 g/mol. The summed E-state index contributed by atoms with van der Waals surface area (Å²) in [5.41, 5.74) is 1.93. The molecule has 2 aromatic carbocycles. The molecule has 0 atom stereocenters. The Bertz CT molecular complexity index is 942. The highest BCUT2D eigenvalue weighted by Gasteiger charge is 2.21. The van der Waals surface area contributed by atoms with Gasteiger partial charge in [-0.15, -0.1) is 0 Å². The molecular weight excluding hydrogens is 310 g/mol. The molecule has 120 valence electrons. The Morgan fingerprint density at radius 3 is 2.96 bits per heavy atom. The zero-order valence-corrected chi connectivity index (χ0v) is 12.6. The summed E-state index contributed by atoms with van der Waals surface area (Å²) in [5, 5.41) is 15.2. The largest absolute Gasteiger partial charge is 0.454 e. The second-order valence-electron chi connectivity index (χ2n) is 5.29. The molecule has 0 spiro atoms. The molecule has 0 unspecified atom stereocenters. The number of nitrogens with one attached hydrogen (secondary N) is 1. The van der Waals surface area contributed by atoms with Gasteiger partial charge in [0.25, 0.3) is 0 Å². The van der Waals surface area contributed by atoms with Crippen LogP contribution >= 0.6 is 0 Å². The third-order valence-corrected chi connectivity index (χ3v) is 3.89. The minimum atomic E-state index is -0.388. The van der Waals surface area contributed by atoms with Crippen LogP contribution < -0.4 is 14.8 Å². The van der Waals surface area contributed by atoms with Gasteiger partial charge in [0.05, 0.1) is 15.8 Å². The average Bonchev–Trinajstić information content (AvgIpc) is 3.08. The molecule has 4 rings (SSSR count). The summed E-state index contributed by atoms with van der Waals surface area (Å²) in [6.45, 7) is 0.577. The van der Waals surface area contributed by atoms with E-state index in [1.165, 1.54) is 0 Å². The van der Waals surface area contributed by atoms with Gasteiger partial charge in [-0.3, -0.25) is 15.1 Å². The van der Waals surface area contributed by atoms with E-state index in [4.69, 9.17) is 9.47 Å². The third-order valence-electron chi connectivity index (χ3n) is 3.89. The number of anilines is 1. The maximum atomic E-state index is 11.5. The van der Waals surface area contributed by atoms with Crippen molar-refractivity contribution in [1.29, 1.82) is 0 Å². The molecule has 0 saturated heterocycles. The fourth-order valence-corrected chi connectivity index (χ4v) is 2.80. The summed E-state index contributed by atoms with van der Waals surface area (Å²) < 4.78 is 10.8. The summed E-state index contributed by atoms with van der Waals surface area (Å²) in [4.78, 5) is 15.3. The summed E-state index contributed by atoms with van der Waals surface area (Å²) in [6, 6.07) is 12.4. The summed E-state index contributed by atoms with van der Waals surface area (Å²) in [7, 11) is 0. The van der Waals surface area contributed by atoms with Gasteiger partial charge in [0.15, 0.2) is 11.5 Å². The number of fused-ring (bicyclic) bond motifs is 2. The number of hydrogen-bond donors (Lipinski definition) is 1. The molecule has 0 saturated carbocycles. The van der Waals surface area contributed by atoms with Crippen molar-refractivity contribution in [3.8, 4) is 11.5 Å². The fraction of sp³-hybridized carbons (Fsp3) is 0.118. The van der Waals surface area contributed by atoms with Gasteiger partial charge >= 0.3 is 5.69 Å². The van der Waals surface area contributed by atoms with Crippen molar-refractivity contribution in [3.63, 3.8) is 0 Å². The Hall–Kier alpha value is -3.35. The number of benzene rings is 2. The van der Waals surface area contributed by atoms with Crippen LogP contribution in [0.2, 0.25) is 0 Å².